The number of hydrogen-bond acceptors (Lipinski definition) is 2. The lowest BCUT2D eigenvalue weighted by atomic mass is 10.1. The minimum absolute atomic E-state index is 0.0376. The van der Waals surface area contributed by atoms with Crippen molar-refractivity contribution in [2.45, 2.75) is 38.8 Å². The number of unbranched alkanes of at least 4 members (excludes halogenated alkanes) is 3. The van der Waals surface area contributed by atoms with E-state index in [1.807, 2.05) is 0 Å². The third-order valence-corrected chi connectivity index (χ3v) is 2.85. The second kappa shape index (κ2) is 7.17. The van der Waals surface area contributed by atoms with Crippen molar-refractivity contribution in [1.82, 2.24) is 0 Å². The number of hydrogen-bond donors (Lipinski definition) is 2. The predicted molar refractivity (Wildman–Crippen MR) is 72.1 cm³/mol. The van der Waals surface area contributed by atoms with E-state index in [9.17, 15) is 13.2 Å². The number of rotatable bonds is 7. The average Bonchev–Trinajstić information content (AvgIpc) is 2.37. The van der Waals surface area contributed by atoms with Crippen LogP contribution in [0.5, 0.6) is 5.75 Å². The first-order valence-electron chi connectivity index (χ1n) is 6.54. The highest BCUT2D eigenvalue weighted by Crippen LogP contribution is 2.36. The molecule has 112 valence electrons. The topological polar surface area (TPSA) is 59.1 Å². The maximum atomic E-state index is 12.9. The van der Waals surface area contributed by atoms with Crippen molar-refractivity contribution in [2.24, 2.45) is 5.73 Å². The van der Waals surface area contributed by atoms with E-state index in [-0.39, 0.29) is 17.9 Å². The van der Waals surface area contributed by atoms with Gasteiger partial charge in [0, 0.05) is 5.56 Å². The fourth-order valence-electron chi connectivity index (χ4n) is 1.76. The summed E-state index contributed by atoms with van der Waals surface area (Å²) in [6.45, 7) is 2.31. The number of nitrogens with one attached hydrogen (secondary N) is 1. The highest BCUT2D eigenvalue weighted by atomic mass is 19.4. The largest absolute Gasteiger partial charge is 0.493 e. The van der Waals surface area contributed by atoms with Gasteiger partial charge >= 0.3 is 6.18 Å². The highest BCUT2D eigenvalue weighted by Gasteiger charge is 2.34. The fraction of sp³-hybridized carbons (Fsp3) is 0.500. The molecule has 20 heavy (non-hydrogen) atoms. The summed E-state index contributed by atoms with van der Waals surface area (Å²) >= 11 is 0. The van der Waals surface area contributed by atoms with E-state index in [1.165, 1.54) is 12.1 Å². The van der Waals surface area contributed by atoms with Crippen LogP contribution in [0.25, 0.3) is 0 Å². The van der Waals surface area contributed by atoms with Gasteiger partial charge in [0.05, 0.1) is 12.2 Å². The summed E-state index contributed by atoms with van der Waals surface area (Å²) in [6, 6.07) is 3.43. The molecule has 0 spiro atoms. The number of nitrogen functional groups attached to an aromatic ring is 1. The lowest BCUT2D eigenvalue weighted by Crippen LogP contribution is -2.15. The highest BCUT2D eigenvalue weighted by molar-refractivity contribution is 5.95. The van der Waals surface area contributed by atoms with Crippen LogP contribution in [0.4, 0.5) is 13.2 Å². The van der Waals surface area contributed by atoms with Crippen LogP contribution in [0.2, 0.25) is 0 Å². The van der Waals surface area contributed by atoms with Gasteiger partial charge in [-0.3, -0.25) is 5.41 Å². The summed E-state index contributed by atoms with van der Waals surface area (Å²) in [6.07, 6.45) is -0.771. The molecule has 0 aliphatic heterocycles. The van der Waals surface area contributed by atoms with Gasteiger partial charge in [0.2, 0.25) is 0 Å². The van der Waals surface area contributed by atoms with E-state index in [0.717, 1.165) is 31.7 Å². The van der Waals surface area contributed by atoms with Crippen LogP contribution < -0.4 is 10.5 Å². The molecule has 0 radical (unpaired) electrons. The minimum atomic E-state index is -4.52. The number of amidine groups is 1. The monoisotopic (exact) mass is 288 g/mol. The molecule has 0 aromatic heterocycles. The van der Waals surface area contributed by atoms with Crippen LogP contribution >= 0.6 is 0 Å². The zero-order chi connectivity index (χ0) is 15.2. The Bertz CT molecular complexity index is 458. The molecule has 0 aliphatic carbocycles. The van der Waals surface area contributed by atoms with Crippen LogP contribution in [0.3, 0.4) is 0 Å². The SMILES string of the molecule is CCCCCCOc1ccc(C(=N)N)cc1C(F)(F)F. The van der Waals surface area contributed by atoms with E-state index < -0.39 is 17.6 Å². The van der Waals surface area contributed by atoms with Gasteiger partial charge in [-0.15, -0.1) is 0 Å². The molecular formula is C14H19F3N2O. The zero-order valence-electron chi connectivity index (χ0n) is 11.4. The van der Waals surface area contributed by atoms with Crippen LogP contribution in [0.1, 0.15) is 43.7 Å². The van der Waals surface area contributed by atoms with E-state index in [1.54, 1.807) is 0 Å². The van der Waals surface area contributed by atoms with Gasteiger partial charge in [0.1, 0.15) is 11.6 Å². The lowest BCUT2D eigenvalue weighted by molar-refractivity contribution is -0.139. The first kappa shape index (κ1) is 16.3. The summed E-state index contributed by atoms with van der Waals surface area (Å²) in [5.74, 6) is -0.607. The summed E-state index contributed by atoms with van der Waals surface area (Å²) in [5, 5.41) is 7.19. The average molecular weight is 288 g/mol. The van der Waals surface area contributed by atoms with Crippen LogP contribution in [-0.2, 0) is 6.18 Å². The third kappa shape index (κ3) is 4.75. The Labute approximate surface area is 116 Å². The molecule has 0 saturated carbocycles. The second-order valence-electron chi connectivity index (χ2n) is 4.53. The van der Waals surface area contributed by atoms with E-state index >= 15 is 0 Å². The van der Waals surface area contributed by atoms with Crippen LogP contribution in [-0.4, -0.2) is 12.4 Å². The quantitative estimate of drug-likeness (QED) is 0.453. The molecular weight excluding hydrogens is 269 g/mol. The van der Waals surface area contributed by atoms with Crippen molar-refractivity contribution in [3.05, 3.63) is 29.3 Å². The van der Waals surface area contributed by atoms with Gasteiger partial charge < -0.3 is 10.5 Å². The van der Waals surface area contributed by atoms with Gasteiger partial charge in [-0.05, 0) is 24.6 Å². The number of halogens is 3. The Hall–Kier alpha value is -1.72. The van der Waals surface area contributed by atoms with Crippen molar-refractivity contribution in [2.75, 3.05) is 6.61 Å². The maximum absolute atomic E-state index is 12.9. The Morgan fingerprint density at radius 3 is 2.50 bits per heavy atom. The molecule has 0 amide bonds. The van der Waals surface area contributed by atoms with Crippen molar-refractivity contribution >= 4 is 5.84 Å². The fourth-order valence-corrected chi connectivity index (χ4v) is 1.76. The first-order valence-corrected chi connectivity index (χ1v) is 6.54. The molecule has 0 aliphatic rings. The summed E-state index contributed by atoms with van der Waals surface area (Å²) in [5.41, 5.74) is 4.36. The second-order valence-corrected chi connectivity index (χ2v) is 4.53. The molecule has 3 N–H and O–H groups in total. The van der Waals surface area contributed by atoms with E-state index in [0.29, 0.717) is 0 Å². The maximum Gasteiger partial charge on any atom is 0.419 e. The molecule has 0 bridgehead atoms. The van der Waals surface area contributed by atoms with Gasteiger partial charge in [0.15, 0.2) is 0 Å². The summed E-state index contributed by atoms with van der Waals surface area (Å²) in [7, 11) is 0. The van der Waals surface area contributed by atoms with Crippen molar-refractivity contribution < 1.29 is 17.9 Å². The molecule has 1 rings (SSSR count). The Kier molecular flexibility index (Phi) is 5.85. The van der Waals surface area contributed by atoms with Crippen LogP contribution in [0, 0.1) is 5.41 Å². The van der Waals surface area contributed by atoms with E-state index in [4.69, 9.17) is 15.9 Å². The van der Waals surface area contributed by atoms with Crippen LogP contribution in [0.15, 0.2) is 18.2 Å². The Morgan fingerprint density at radius 1 is 1.25 bits per heavy atom. The first-order chi connectivity index (χ1) is 9.36. The number of benzene rings is 1. The van der Waals surface area contributed by atoms with Gasteiger partial charge in [0.25, 0.3) is 0 Å². The van der Waals surface area contributed by atoms with Crippen molar-refractivity contribution in [1.29, 1.82) is 5.41 Å². The third-order valence-electron chi connectivity index (χ3n) is 2.85. The zero-order valence-corrected chi connectivity index (χ0v) is 11.4. The van der Waals surface area contributed by atoms with E-state index in [2.05, 4.69) is 6.92 Å². The molecule has 1 aromatic rings. The molecule has 0 atom stereocenters. The Morgan fingerprint density at radius 2 is 1.95 bits per heavy atom. The lowest BCUT2D eigenvalue weighted by Gasteiger charge is -2.15. The Balaban J connectivity index is 2.81. The van der Waals surface area contributed by atoms with Crippen molar-refractivity contribution in [3.8, 4) is 5.75 Å². The number of ether oxygens (including phenoxy) is 1. The smallest absolute Gasteiger partial charge is 0.419 e. The minimum Gasteiger partial charge on any atom is -0.493 e. The number of nitrogens with two attached hydrogens (primary N) is 1. The molecule has 0 unspecified atom stereocenters. The normalized spacial score (nSPS) is 11.4. The molecule has 3 nitrogen and oxygen atoms in total. The standard InChI is InChI=1S/C14H19F3N2O/c1-2-3-4-5-8-20-12-7-6-10(13(18)19)9-11(12)14(15,16)17/h6-7,9H,2-5,8H2,1H3,(H3,18,19). The summed E-state index contributed by atoms with van der Waals surface area (Å²) in [4.78, 5) is 0. The summed E-state index contributed by atoms with van der Waals surface area (Å²) < 4.78 is 44.0. The van der Waals surface area contributed by atoms with Gasteiger partial charge in [-0.1, -0.05) is 26.2 Å². The molecule has 1 aromatic carbocycles. The van der Waals surface area contributed by atoms with Crippen molar-refractivity contribution in [3.63, 3.8) is 0 Å². The number of alkyl halides is 3. The molecule has 0 fully saturated rings. The predicted octanol–water partition coefficient (Wildman–Crippen LogP) is 3.95. The van der Waals surface area contributed by atoms with Gasteiger partial charge in [-0.2, -0.15) is 13.2 Å². The van der Waals surface area contributed by atoms with Gasteiger partial charge in [-0.25, -0.2) is 0 Å². The molecule has 0 saturated heterocycles. The molecule has 0 heterocycles. The molecule has 6 heteroatoms.